The Labute approximate surface area is 106 Å². The van der Waals surface area contributed by atoms with Crippen molar-refractivity contribution < 1.29 is 23.1 Å². The molecule has 1 aromatic rings. The van der Waals surface area contributed by atoms with Crippen molar-refractivity contribution in [2.24, 2.45) is 0 Å². The summed E-state index contributed by atoms with van der Waals surface area (Å²) < 4.78 is 37.2. The summed E-state index contributed by atoms with van der Waals surface area (Å²) in [5.41, 5.74) is -0.0635. The van der Waals surface area contributed by atoms with Crippen LogP contribution >= 0.6 is 0 Å². The van der Waals surface area contributed by atoms with Gasteiger partial charge in [0.15, 0.2) is 0 Å². The van der Waals surface area contributed by atoms with E-state index in [0.717, 1.165) is 6.20 Å². The lowest BCUT2D eigenvalue weighted by molar-refractivity contribution is -0.142. The fraction of sp³-hybridized carbons (Fsp3) is 0.455. The summed E-state index contributed by atoms with van der Waals surface area (Å²) in [7, 11) is 0. The summed E-state index contributed by atoms with van der Waals surface area (Å²) in [6.45, 7) is -1.15. The van der Waals surface area contributed by atoms with Gasteiger partial charge in [-0.05, 0) is 6.07 Å². The molecule has 0 bridgehead atoms. The van der Waals surface area contributed by atoms with E-state index in [4.69, 9.17) is 5.11 Å². The largest absolute Gasteiger partial charge is 0.408 e. The van der Waals surface area contributed by atoms with Gasteiger partial charge in [0.2, 0.25) is 0 Å². The van der Waals surface area contributed by atoms with Crippen LogP contribution in [-0.2, 0) is 6.54 Å². The summed E-state index contributed by atoms with van der Waals surface area (Å²) in [6.07, 6.45) is 0.115. The molecule has 1 atom stereocenters. The first-order valence-electron chi connectivity index (χ1n) is 5.59. The lowest BCUT2D eigenvalue weighted by Crippen LogP contribution is -2.38. The minimum absolute atomic E-state index is 0.0635. The highest BCUT2D eigenvalue weighted by atomic mass is 19.4. The van der Waals surface area contributed by atoms with Crippen LogP contribution in [0.3, 0.4) is 0 Å². The molecule has 0 unspecified atom stereocenters. The molecule has 1 aromatic heterocycles. The molecule has 0 aliphatic carbocycles. The van der Waals surface area contributed by atoms with Crippen molar-refractivity contribution in [3.8, 4) is 0 Å². The van der Waals surface area contributed by atoms with Gasteiger partial charge in [-0.1, -0.05) is 12.2 Å². The molecule has 19 heavy (non-hydrogen) atoms. The van der Waals surface area contributed by atoms with Gasteiger partial charge in [0.25, 0.3) is 5.91 Å². The van der Waals surface area contributed by atoms with Crippen molar-refractivity contribution in [2.75, 3.05) is 13.2 Å². The van der Waals surface area contributed by atoms with Crippen molar-refractivity contribution in [1.29, 1.82) is 0 Å². The van der Waals surface area contributed by atoms with E-state index in [0.29, 0.717) is 11.2 Å². The van der Waals surface area contributed by atoms with Crippen LogP contribution in [-0.4, -0.2) is 51.1 Å². The smallest absolute Gasteiger partial charge is 0.394 e. The topological polar surface area (TPSA) is 58.4 Å². The summed E-state index contributed by atoms with van der Waals surface area (Å²) in [6, 6.07) is 0.793. The van der Waals surface area contributed by atoms with Gasteiger partial charge in [-0.2, -0.15) is 18.3 Å². The highest BCUT2D eigenvalue weighted by Crippen LogP contribution is 2.18. The van der Waals surface area contributed by atoms with Crippen molar-refractivity contribution in [2.45, 2.75) is 18.8 Å². The number of aliphatic hydroxyl groups is 1. The van der Waals surface area contributed by atoms with E-state index in [1.165, 1.54) is 11.0 Å². The van der Waals surface area contributed by atoms with Gasteiger partial charge in [-0.3, -0.25) is 9.48 Å². The van der Waals surface area contributed by atoms with Crippen LogP contribution in [0.25, 0.3) is 0 Å². The second-order valence-corrected chi connectivity index (χ2v) is 4.15. The Bertz CT molecular complexity index is 496. The Hall–Kier alpha value is -1.83. The number of carbonyl (C=O) groups is 1. The molecule has 2 heterocycles. The highest BCUT2D eigenvalue weighted by Gasteiger charge is 2.30. The molecule has 0 fully saturated rings. The lowest BCUT2D eigenvalue weighted by atomic mass is 10.3. The molecule has 1 amide bonds. The predicted molar refractivity (Wildman–Crippen MR) is 59.3 cm³/mol. The highest BCUT2D eigenvalue weighted by molar-refractivity contribution is 5.93. The molecule has 104 valence electrons. The maximum absolute atomic E-state index is 12.2. The molecule has 0 aromatic carbocycles. The standard InChI is InChI=1S/C11H12F3N3O2/c12-11(13,14)7-16-5-3-9(15-16)10(19)17-4-1-2-8(17)6-18/h1-3,5,8,18H,4,6-7H2/t8-/m1/s1. The Morgan fingerprint density at radius 1 is 1.53 bits per heavy atom. The number of hydrogen-bond donors (Lipinski definition) is 1. The van der Waals surface area contributed by atoms with Crippen LogP contribution < -0.4 is 0 Å². The lowest BCUT2D eigenvalue weighted by Gasteiger charge is -2.21. The second-order valence-electron chi connectivity index (χ2n) is 4.15. The third-order valence-electron chi connectivity index (χ3n) is 2.71. The third kappa shape index (κ3) is 3.14. The predicted octanol–water partition coefficient (Wildman–Crippen LogP) is 0.818. The van der Waals surface area contributed by atoms with E-state index in [9.17, 15) is 18.0 Å². The first kappa shape index (κ1) is 13.6. The van der Waals surface area contributed by atoms with Crippen molar-refractivity contribution in [1.82, 2.24) is 14.7 Å². The van der Waals surface area contributed by atoms with Crippen LogP contribution in [0.15, 0.2) is 24.4 Å². The van der Waals surface area contributed by atoms with Gasteiger partial charge >= 0.3 is 6.18 Å². The molecular weight excluding hydrogens is 263 g/mol. The molecule has 1 aliphatic heterocycles. The van der Waals surface area contributed by atoms with Crippen molar-refractivity contribution in [3.63, 3.8) is 0 Å². The number of aromatic nitrogens is 2. The molecule has 8 heteroatoms. The average Bonchev–Trinajstić information content (AvgIpc) is 2.93. The van der Waals surface area contributed by atoms with Gasteiger partial charge < -0.3 is 10.0 Å². The van der Waals surface area contributed by atoms with Crippen molar-refractivity contribution in [3.05, 3.63) is 30.1 Å². The molecule has 1 aliphatic rings. The number of nitrogens with zero attached hydrogens (tertiary/aromatic N) is 3. The van der Waals surface area contributed by atoms with Gasteiger partial charge in [0.05, 0.1) is 12.6 Å². The minimum Gasteiger partial charge on any atom is -0.394 e. The van der Waals surface area contributed by atoms with Gasteiger partial charge in [-0.15, -0.1) is 0 Å². The molecule has 0 saturated carbocycles. The van der Waals surface area contributed by atoms with Crippen LogP contribution in [0, 0.1) is 0 Å². The fourth-order valence-electron chi connectivity index (χ4n) is 1.86. The first-order valence-corrected chi connectivity index (χ1v) is 5.59. The average molecular weight is 275 g/mol. The normalized spacial score (nSPS) is 19.2. The number of amides is 1. The van der Waals surface area contributed by atoms with Crippen LogP contribution in [0.2, 0.25) is 0 Å². The van der Waals surface area contributed by atoms with Crippen LogP contribution in [0.5, 0.6) is 0 Å². The Morgan fingerprint density at radius 3 is 2.89 bits per heavy atom. The molecule has 0 spiro atoms. The summed E-state index contributed by atoms with van der Waals surface area (Å²) in [5, 5.41) is 12.7. The quantitative estimate of drug-likeness (QED) is 0.831. The Kier molecular flexibility index (Phi) is 3.61. The maximum atomic E-state index is 12.2. The zero-order chi connectivity index (χ0) is 14.0. The van der Waals surface area contributed by atoms with E-state index >= 15 is 0 Å². The van der Waals surface area contributed by atoms with Gasteiger partial charge in [0, 0.05) is 12.7 Å². The zero-order valence-corrected chi connectivity index (χ0v) is 9.84. The first-order chi connectivity index (χ1) is 8.90. The Morgan fingerprint density at radius 2 is 2.26 bits per heavy atom. The van der Waals surface area contributed by atoms with Gasteiger partial charge in [0.1, 0.15) is 12.2 Å². The number of halogens is 3. The van der Waals surface area contributed by atoms with E-state index in [-0.39, 0.29) is 12.3 Å². The van der Waals surface area contributed by atoms with E-state index in [2.05, 4.69) is 5.10 Å². The van der Waals surface area contributed by atoms with E-state index in [1.54, 1.807) is 12.2 Å². The molecule has 2 rings (SSSR count). The number of carbonyl (C=O) groups excluding carboxylic acids is 1. The summed E-state index contributed by atoms with van der Waals surface area (Å²) in [5.74, 6) is -0.495. The molecule has 1 N–H and O–H groups in total. The third-order valence-corrected chi connectivity index (χ3v) is 2.71. The van der Waals surface area contributed by atoms with Crippen LogP contribution in [0.4, 0.5) is 13.2 Å². The molecule has 0 saturated heterocycles. The zero-order valence-electron chi connectivity index (χ0n) is 9.84. The molecule has 0 radical (unpaired) electrons. The second kappa shape index (κ2) is 5.04. The maximum Gasteiger partial charge on any atom is 0.408 e. The fourth-order valence-corrected chi connectivity index (χ4v) is 1.86. The summed E-state index contributed by atoms with van der Waals surface area (Å²) >= 11 is 0. The number of hydrogen-bond acceptors (Lipinski definition) is 3. The number of rotatable bonds is 3. The number of aliphatic hydroxyl groups excluding tert-OH is 1. The minimum atomic E-state index is -4.38. The Balaban J connectivity index is 2.08. The number of alkyl halides is 3. The van der Waals surface area contributed by atoms with Crippen LogP contribution in [0.1, 0.15) is 10.5 Å². The SMILES string of the molecule is O=C(c1ccn(CC(F)(F)F)n1)N1CC=C[C@@H]1CO. The molecule has 5 nitrogen and oxygen atoms in total. The van der Waals surface area contributed by atoms with Gasteiger partial charge in [-0.25, -0.2) is 0 Å². The van der Waals surface area contributed by atoms with E-state index < -0.39 is 24.7 Å². The van der Waals surface area contributed by atoms with Crippen molar-refractivity contribution >= 4 is 5.91 Å². The monoisotopic (exact) mass is 275 g/mol. The molecular formula is C11H12F3N3O2. The van der Waals surface area contributed by atoms with E-state index in [1.807, 2.05) is 0 Å². The summed E-state index contributed by atoms with van der Waals surface area (Å²) in [4.78, 5) is 13.4.